The summed E-state index contributed by atoms with van der Waals surface area (Å²) in [6, 6.07) is 8.12. The molecular formula is C19H20N2O5. The van der Waals surface area contributed by atoms with Crippen molar-refractivity contribution in [3.63, 3.8) is 0 Å². The van der Waals surface area contributed by atoms with Crippen LogP contribution in [0.15, 0.2) is 47.3 Å². The van der Waals surface area contributed by atoms with Crippen LogP contribution in [0.5, 0.6) is 0 Å². The fourth-order valence-corrected chi connectivity index (χ4v) is 3.00. The lowest BCUT2D eigenvalue weighted by atomic mass is 9.96. The van der Waals surface area contributed by atoms with Gasteiger partial charge < -0.3 is 19.4 Å². The molecule has 1 aromatic heterocycles. The van der Waals surface area contributed by atoms with Gasteiger partial charge in [-0.1, -0.05) is 0 Å². The predicted octanol–water partition coefficient (Wildman–Crippen LogP) is 2.56. The number of carbonyl (C=O) groups is 3. The van der Waals surface area contributed by atoms with E-state index in [9.17, 15) is 14.4 Å². The number of nitrogens with zero attached hydrogens (tertiary/aromatic N) is 1. The first-order chi connectivity index (χ1) is 12.6. The van der Waals surface area contributed by atoms with E-state index in [-0.39, 0.29) is 17.7 Å². The number of methoxy groups -OCH3 is 1. The zero-order chi connectivity index (χ0) is 18.5. The number of ether oxygens (including phenoxy) is 1. The van der Waals surface area contributed by atoms with E-state index in [0.717, 1.165) is 12.8 Å². The Kier molecular flexibility index (Phi) is 5.36. The highest BCUT2D eigenvalue weighted by atomic mass is 16.5. The van der Waals surface area contributed by atoms with E-state index in [1.54, 1.807) is 35.2 Å². The Morgan fingerprint density at radius 2 is 1.92 bits per heavy atom. The first-order valence-electron chi connectivity index (χ1n) is 8.39. The number of amides is 2. The maximum absolute atomic E-state index is 12.5. The third kappa shape index (κ3) is 3.93. The van der Waals surface area contributed by atoms with Gasteiger partial charge in [-0.15, -0.1) is 0 Å². The molecule has 0 saturated carbocycles. The summed E-state index contributed by atoms with van der Waals surface area (Å²) in [5.74, 6) is -0.970. The number of likely N-dealkylation sites (tertiary alicyclic amines) is 1. The Hall–Kier alpha value is -3.09. The Labute approximate surface area is 150 Å². The number of esters is 1. The quantitative estimate of drug-likeness (QED) is 0.851. The number of carbonyl (C=O) groups excluding carboxylic acids is 3. The molecular weight excluding hydrogens is 336 g/mol. The molecule has 1 aliphatic rings. The van der Waals surface area contributed by atoms with E-state index in [2.05, 4.69) is 10.1 Å². The van der Waals surface area contributed by atoms with Crippen LogP contribution in [0.3, 0.4) is 0 Å². The normalized spacial score (nSPS) is 16.8. The first-order valence-corrected chi connectivity index (χ1v) is 8.39. The van der Waals surface area contributed by atoms with Gasteiger partial charge in [0.1, 0.15) is 6.26 Å². The molecule has 2 heterocycles. The number of anilines is 1. The second-order valence-electron chi connectivity index (χ2n) is 6.16. The zero-order valence-corrected chi connectivity index (χ0v) is 14.4. The molecule has 1 saturated heterocycles. The molecule has 1 N–H and O–H groups in total. The molecule has 136 valence electrons. The highest BCUT2D eigenvalue weighted by Crippen LogP contribution is 2.21. The number of hydrogen-bond donors (Lipinski definition) is 1. The van der Waals surface area contributed by atoms with Crippen molar-refractivity contribution in [1.82, 2.24) is 4.90 Å². The summed E-state index contributed by atoms with van der Waals surface area (Å²) >= 11 is 0. The molecule has 0 spiro atoms. The molecule has 1 aromatic carbocycles. The topological polar surface area (TPSA) is 88.9 Å². The van der Waals surface area contributed by atoms with Crippen molar-refractivity contribution in [2.24, 2.45) is 5.92 Å². The second kappa shape index (κ2) is 7.86. The highest BCUT2D eigenvalue weighted by Gasteiger charge is 2.29. The third-order valence-electron chi connectivity index (χ3n) is 4.42. The largest absolute Gasteiger partial charge is 0.472 e. The fourth-order valence-electron chi connectivity index (χ4n) is 3.00. The van der Waals surface area contributed by atoms with Crippen LogP contribution in [-0.4, -0.2) is 42.9 Å². The van der Waals surface area contributed by atoms with E-state index >= 15 is 0 Å². The Balaban J connectivity index is 1.60. The SMILES string of the molecule is COC(=O)c1ccc(NC(=O)C2CCCN(C(=O)c3ccoc3)C2)cc1. The van der Waals surface area contributed by atoms with Crippen LogP contribution in [0.25, 0.3) is 0 Å². The lowest BCUT2D eigenvalue weighted by Crippen LogP contribution is -2.43. The number of piperidine rings is 1. The lowest BCUT2D eigenvalue weighted by molar-refractivity contribution is -0.121. The van der Waals surface area contributed by atoms with Gasteiger partial charge in [0.2, 0.25) is 5.91 Å². The smallest absolute Gasteiger partial charge is 0.337 e. The maximum Gasteiger partial charge on any atom is 0.337 e. The number of furan rings is 1. The molecule has 0 bridgehead atoms. The van der Waals surface area contributed by atoms with Crippen molar-refractivity contribution in [3.8, 4) is 0 Å². The van der Waals surface area contributed by atoms with Crippen molar-refractivity contribution >= 4 is 23.5 Å². The molecule has 1 fully saturated rings. The minimum absolute atomic E-state index is 0.126. The van der Waals surface area contributed by atoms with Crippen LogP contribution >= 0.6 is 0 Å². The number of rotatable bonds is 4. The number of nitrogens with one attached hydrogen (secondary N) is 1. The summed E-state index contributed by atoms with van der Waals surface area (Å²) in [5, 5.41) is 2.84. The lowest BCUT2D eigenvalue weighted by Gasteiger charge is -2.31. The Morgan fingerprint density at radius 1 is 1.15 bits per heavy atom. The molecule has 1 aliphatic heterocycles. The molecule has 0 aliphatic carbocycles. The fraction of sp³-hybridized carbons (Fsp3) is 0.316. The van der Waals surface area contributed by atoms with E-state index < -0.39 is 5.97 Å². The summed E-state index contributed by atoms with van der Waals surface area (Å²) in [6.45, 7) is 0.998. The molecule has 2 aromatic rings. The molecule has 7 nitrogen and oxygen atoms in total. The van der Waals surface area contributed by atoms with Crippen molar-refractivity contribution in [2.45, 2.75) is 12.8 Å². The van der Waals surface area contributed by atoms with Gasteiger partial charge in [-0.2, -0.15) is 0 Å². The van der Waals surface area contributed by atoms with Gasteiger partial charge in [0.15, 0.2) is 0 Å². The van der Waals surface area contributed by atoms with Crippen molar-refractivity contribution in [3.05, 3.63) is 54.0 Å². The molecule has 7 heteroatoms. The van der Waals surface area contributed by atoms with Crippen LogP contribution in [0.2, 0.25) is 0 Å². The van der Waals surface area contributed by atoms with E-state index in [4.69, 9.17) is 4.42 Å². The Bertz CT molecular complexity index is 783. The Morgan fingerprint density at radius 3 is 2.58 bits per heavy atom. The van der Waals surface area contributed by atoms with Gasteiger partial charge in [-0.3, -0.25) is 9.59 Å². The van der Waals surface area contributed by atoms with Crippen molar-refractivity contribution < 1.29 is 23.5 Å². The van der Waals surface area contributed by atoms with Gasteiger partial charge in [-0.25, -0.2) is 4.79 Å². The minimum atomic E-state index is -0.427. The van der Waals surface area contributed by atoms with Gasteiger partial charge in [-0.05, 0) is 43.2 Å². The predicted molar refractivity (Wildman–Crippen MR) is 93.7 cm³/mol. The van der Waals surface area contributed by atoms with Crippen LogP contribution in [0, 0.1) is 5.92 Å². The average Bonchev–Trinajstić information content (AvgIpc) is 3.22. The third-order valence-corrected chi connectivity index (χ3v) is 4.42. The molecule has 2 amide bonds. The molecule has 3 rings (SSSR count). The van der Waals surface area contributed by atoms with E-state index in [1.165, 1.54) is 19.6 Å². The maximum atomic E-state index is 12.5. The van der Waals surface area contributed by atoms with Gasteiger partial charge in [0.25, 0.3) is 5.91 Å². The molecule has 1 atom stereocenters. The summed E-state index contributed by atoms with van der Waals surface area (Å²) in [4.78, 5) is 38.1. The van der Waals surface area contributed by atoms with Crippen LogP contribution in [0.4, 0.5) is 5.69 Å². The standard InChI is InChI=1S/C19H20N2O5/c1-25-19(24)13-4-6-16(7-5-13)20-17(22)14-3-2-9-21(11-14)18(23)15-8-10-26-12-15/h4-8,10,12,14H,2-3,9,11H2,1H3,(H,20,22). The summed E-state index contributed by atoms with van der Waals surface area (Å²) < 4.78 is 9.60. The number of hydrogen-bond acceptors (Lipinski definition) is 5. The monoisotopic (exact) mass is 356 g/mol. The van der Waals surface area contributed by atoms with Gasteiger partial charge in [0.05, 0.1) is 30.4 Å². The van der Waals surface area contributed by atoms with Crippen LogP contribution in [0.1, 0.15) is 33.6 Å². The summed E-state index contributed by atoms with van der Waals surface area (Å²) in [7, 11) is 1.32. The minimum Gasteiger partial charge on any atom is -0.472 e. The highest BCUT2D eigenvalue weighted by molar-refractivity contribution is 5.96. The zero-order valence-electron chi connectivity index (χ0n) is 14.4. The summed E-state index contributed by atoms with van der Waals surface area (Å²) in [5.41, 5.74) is 1.51. The molecule has 1 unspecified atom stereocenters. The van der Waals surface area contributed by atoms with Crippen molar-refractivity contribution in [2.75, 3.05) is 25.5 Å². The summed E-state index contributed by atoms with van der Waals surface area (Å²) in [6.07, 6.45) is 4.36. The average molecular weight is 356 g/mol. The van der Waals surface area contributed by atoms with Crippen LogP contribution in [-0.2, 0) is 9.53 Å². The van der Waals surface area contributed by atoms with Crippen molar-refractivity contribution in [1.29, 1.82) is 0 Å². The molecule has 0 radical (unpaired) electrons. The van der Waals surface area contributed by atoms with Gasteiger partial charge in [0, 0.05) is 18.8 Å². The van der Waals surface area contributed by atoms with Crippen LogP contribution < -0.4 is 5.32 Å². The molecule has 26 heavy (non-hydrogen) atoms. The first kappa shape index (κ1) is 17.7. The number of benzene rings is 1. The van der Waals surface area contributed by atoms with E-state index in [0.29, 0.717) is 29.9 Å². The second-order valence-corrected chi connectivity index (χ2v) is 6.16. The van der Waals surface area contributed by atoms with Gasteiger partial charge >= 0.3 is 5.97 Å². The van der Waals surface area contributed by atoms with E-state index in [1.807, 2.05) is 0 Å².